The topological polar surface area (TPSA) is 83.5 Å². The number of Topliss-reactive ketones (excluding diaryl/α,β-unsaturated/α-hetero) is 1. The van der Waals surface area contributed by atoms with E-state index in [9.17, 15) is 9.59 Å². The van der Waals surface area contributed by atoms with Gasteiger partial charge in [-0.3, -0.25) is 4.79 Å². The molecule has 1 N–H and O–H groups in total. The van der Waals surface area contributed by atoms with Crippen molar-refractivity contribution in [2.75, 3.05) is 6.54 Å². The average Bonchev–Trinajstić information content (AvgIpc) is 2.61. The highest BCUT2D eigenvalue weighted by Gasteiger charge is 2.25. The Kier molecular flexibility index (Phi) is 6.47. The molecule has 2 aromatic carbocycles. The van der Waals surface area contributed by atoms with Crippen LogP contribution in [0.4, 0.5) is 4.79 Å². The molecule has 0 radical (unpaired) electrons. The molecule has 0 saturated carbocycles. The number of amides is 1. The highest BCUT2D eigenvalue weighted by Crippen LogP contribution is 2.06. The average molecular weight is 324 g/mol. The summed E-state index contributed by atoms with van der Waals surface area (Å²) in [6.07, 6.45) is -0.388. The highest BCUT2D eigenvalue weighted by atomic mass is 16.5. The normalized spacial score (nSPS) is 11.1. The van der Waals surface area contributed by atoms with Crippen LogP contribution in [0.5, 0.6) is 0 Å². The number of alkyl carbamates (subject to hydrolysis) is 1. The number of ketones is 1. The largest absolute Gasteiger partial charge is 0.445 e. The number of diazo groups is 1. The van der Waals surface area contributed by atoms with Gasteiger partial charge >= 0.3 is 12.6 Å². The number of benzene rings is 2. The van der Waals surface area contributed by atoms with Crippen LogP contribution in [-0.2, 0) is 22.6 Å². The maximum Gasteiger partial charge on any atom is 0.408 e. The second-order valence-electron chi connectivity index (χ2n) is 5.21. The van der Waals surface area contributed by atoms with Crippen LogP contribution in [-0.4, -0.2) is 24.5 Å². The molecule has 1 amide bonds. The van der Waals surface area contributed by atoms with Gasteiger partial charge in [-0.2, -0.15) is 0 Å². The Labute approximate surface area is 140 Å². The zero-order valence-corrected chi connectivity index (χ0v) is 13.1. The maximum atomic E-state index is 12.0. The Hall–Kier alpha value is -3.20. The molecule has 0 aliphatic heterocycles. The lowest BCUT2D eigenvalue weighted by Gasteiger charge is -2.15. The molecule has 0 saturated heterocycles. The number of nitrogens with one attached hydrogen (secondary N) is 1. The van der Waals surface area contributed by atoms with E-state index in [1.165, 1.54) is 0 Å². The summed E-state index contributed by atoms with van der Waals surface area (Å²) in [5, 5.41) is 11.1. The Morgan fingerprint density at radius 2 is 1.58 bits per heavy atom. The van der Waals surface area contributed by atoms with E-state index in [1.54, 1.807) is 0 Å². The zero-order chi connectivity index (χ0) is 17.2. The van der Waals surface area contributed by atoms with Gasteiger partial charge in [-0.1, -0.05) is 60.7 Å². The summed E-state index contributed by atoms with van der Waals surface area (Å²) in [5.41, 5.74) is 1.74. The van der Waals surface area contributed by atoms with Crippen LogP contribution in [0.15, 0.2) is 60.7 Å². The number of carbonyl (C=O) groups is 2. The van der Waals surface area contributed by atoms with Gasteiger partial charge in [0.2, 0.25) is 11.2 Å². The molecule has 0 aromatic heterocycles. The molecular formula is C18H18N3O3+. The van der Waals surface area contributed by atoms with E-state index in [-0.39, 0.29) is 13.2 Å². The third kappa shape index (κ3) is 5.54. The molecule has 0 unspecified atom stereocenters. The van der Waals surface area contributed by atoms with Crippen molar-refractivity contribution in [2.24, 2.45) is 0 Å². The number of nitrogens with zero attached hydrogens (tertiary/aromatic N) is 2. The van der Waals surface area contributed by atoms with Crippen molar-refractivity contribution >= 4 is 11.9 Å². The van der Waals surface area contributed by atoms with Crippen LogP contribution in [0.1, 0.15) is 11.1 Å². The Morgan fingerprint density at radius 3 is 2.17 bits per heavy atom. The summed E-state index contributed by atoms with van der Waals surface area (Å²) in [6.45, 7) is -0.264. The third-order valence-electron chi connectivity index (χ3n) is 3.40. The molecule has 0 bridgehead atoms. The van der Waals surface area contributed by atoms with E-state index >= 15 is 0 Å². The Morgan fingerprint density at radius 1 is 1.00 bits per heavy atom. The van der Waals surface area contributed by atoms with Crippen LogP contribution >= 0.6 is 0 Å². The van der Waals surface area contributed by atoms with Gasteiger partial charge in [-0.05, 0) is 11.1 Å². The molecule has 0 aliphatic rings. The fourth-order valence-electron chi connectivity index (χ4n) is 2.18. The summed E-state index contributed by atoms with van der Waals surface area (Å²) in [5.74, 6) is -0.391. The minimum Gasteiger partial charge on any atom is -0.445 e. The molecule has 2 rings (SSSR count). The molecule has 0 fully saturated rings. The van der Waals surface area contributed by atoms with E-state index in [0.717, 1.165) is 11.1 Å². The van der Waals surface area contributed by atoms with E-state index in [1.807, 2.05) is 60.7 Å². The lowest BCUT2D eigenvalue weighted by atomic mass is 10.0. The number of hydrogen-bond acceptors (Lipinski definition) is 4. The quantitative estimate of drug-likeness (QED) is 0.794. The Balaban J connectivity index is 1.95. The van der Waals surface area contributed by atoms with Gasteiger partial charge in [0.05, 0.1) is 0 Å². The van der Waals surface area contributed by atoms with Crippen molar-refractivity contribution in [1.82, 2.24) is 5.32 Å². The van der Waals surface area contributed by atoms with Crippen molar-refractivity contribution in [3.63, 3.8) is 0 Å². The first-order chi connectivity index (χ1) is 11.7. The molecule has 6 heteroatoms. The summed E-state index contributed by atoms with van der Waals surface area (Å²) < 4.78 is 5.13. The van der Waals surface area contributed by atoms with Gasteiger partial charge < -0.3 is 10.1 Å². The summed E-state index contributed by atoms with van der Waals surface area (Å²) in [4.78, 5) is 26.8. The van der Waals surface area contributed by atoms with Crippen LogP contribution in [0.25, 0.3) is 4.98 Å². The fraction of sp³-hybridized carbons (Fsp3) is 0.222. The third-order valence-corrected chi connectivity index (χ3v) is 3.40. The molecule has 6 nitrogen and oxygen atoms in total. The van der Waals surface area contributed by atoms with Crippen LogP contribution in [0, 0.1) is 5.39 Å². The molecular weight excluding hydrogens is 306 g/mol. The summed E-state index contributed by atoms with van der Waals surface area (Å²) >= 11 is 0. The first kappa shape index (κ1) is 17.2. The standard InChI is InChI=1S/C18H17N3O3/c19-20-12-17(22)16(11-14-7-3-1-4-8-14)21-18(23)24-13-15-9-5-2-6-10-15/h1-10,16H,11-13H2/p+1/t16-/m1/s1. The minimum absolute atomic E-state index is 0.114. The molecule has 1 atom stereocenters. The van der Waals surface area contributed by atoms with Gasteiger partial charge in [-0.25, -0.2) is 4.79 Å². The smallest absolute Gasteiger partial charge is 0.408 e. The van der Waals surface area contributed by atoms with Gasteiger partial charge in [0.25, 0.3) is 0 Å². The van der Waals surface area contributed by atoms with Crippen LogP contribution < -0.4 is 5.32 Å². The maximum absolute atomic E-state index is 12.0. The highest BCUT2D eigenvalue weighted by molar-refractivity contribution is 5.90. The van der Waals surface area contributed by atoms with Crippen LogP contribution in [0.2, 0.25) is 0 Å². The van der Waals surface area contributed by atoms with Gasteiger partial charge in [0.15, 0.2) is 0 Å². The second kappa shape index (κ2) is 9.06. The first-order valence-corrected chi connectivity index (χ1v) is 7.53. The Bertz CT molecular complexity index is 711. The monoisotopic (exact) mass is 324 g/mol. The zero-order valence-electron chi connectivity index (χ0n) is 13.1. The van der Waals surface area contributed by atoms with E-state index < -0.39 is 17.9 Å². The van der Waals surface area contributed by atoms with Gasteiger partial charge in [0, 0.05) is 6.42 Å². The van der Waals surface area contributed by atoms with E-state index in [0.29, 0.717) is 6.42 Å². The van der Waals surface area contributed by atoms with Gasteiger partial charge in [0.1, 0.15) is 17.6 Å². The van der Waals surface area contributed by atoms with Crippen LogP contribution in [0.3, 0.4) is 0 Å². The lowest BCUT2D eigenvalue weighted by Crippen LogP contribution is -2.43. The predicted octanol–water partition coefficient (Wildman–Crippen LogP) is 2.95. The van der Waals surface area contributed by atoms with Crippen molar-refractivity contribution < 1.29 is 14.3 Å². The molecule has 0 aliphatic carbocycles. The summed E-state index contributed by atoms with van der Waals surface area (Å²) in [6, 6.07) is 17.7. The minimum atomic E-state index is -0.813. The summed E-state index contributed by atoms with van der Waals surface area (Å²) in [7, 11) is 0. The number of hydrogen-bond donors (Lipinski definition) is 1. The van der Waals surface area contributed by atoms with Crippen molar-refractivity contribution in [3.05, 3.63) is 76.8 Å². The predicted molar refractivity (Wildman–Crippen MR) is 88.7 cm³/mol. The van der Waals surface area contributed by atoms with Gasteiger partial charge in [-0.15, -0.1) is 0 Å². The first-order valence-electron chi connectivity index (χ1n) is 7.53. The van der Waals surface area contributed by atoms with E-state index in [4.69, 9.17) is 10.1 Å². The van der Waals surface area contributed by atoms with E-state index in [2.05, 4.69) is 10.3 Å². The SMILES string of the molecule is N#[N+]CC(=O)[C@@H](Cc1ccccc1)NC(=O)OCc1ccccc1. The molecule has 0 spiro atoms. The van der Waals surface area contributed by atoms with Crippen molar-refractivity contribution in [3.8, 4) is 0 Å². The fourth-order valence-corrected chi connectivity index (χ4v) is 2.18. The number of rotatable bonds is 7. The van der Waals surface area contributed by atoms with Crippen molar-refractivity contribution in [1.29, 1.82) is 5.39 Å². The number of ether oxygens (including phenoxy) is 1. The second-order valence-corrected chi connectivity index (χ2v) is 5.21. The molecule has 24 heavy (non-hydrogen) atoms. The molecule has 122 valence electrons. The lowest BCUT2D eigenvalue weighted by molar-refractivity contribution is -0.119. The number of carbonyl (C=O) groups excluding carboxylic acids is 2. The molecule has 0 heterocycles. The van der Waals surface area contributed by atoms with Crippen molar-refractivity contribution in [2.45, 2.75) is 19.1 Å². The molecule has 2 aromatic rings.